The van der Waals surface area contributed by atoms with Crippen LogP contribution in [0.25, 0.3) is 0 Å². The van der Waals surface area contributed by atoms with Crippen molar-refractivity contribution in [3.63, 3.8) is 0 Å². The minimum absolute atomic E-state index is 0.0994. The predicted molar refractivity (Wildman–Crippen MR) is 113 cm³/mol. The van der Waals surface area contributed by atoms with Gasteiger partial charge in [-0.25, -0.2) is 4.39 Å². The van der Waals surface area contributed by atoms with Gasteiger partial charge in [-0.2, -0.15) is 0 Å². The second kappa shape index (κ2) is 9.16. The molecule has 0 heterocycles. The average molecular weight is 492 g/mol. The summed E-state index contributed by atoms with van der Waals surface area (Å²) in [7, 11) is -1.73. The van der Waals surface area contributed by atoms with Gasteiger partial charge >= 0.3 is 5.97 Å². The van der Waals surface area contributed by atoms with Crippen LogP contribution in [-0.4, -0.2) is 22.7 Å². The molecule has 0 fully saturated rings. The molecule has 0 aliphatic heterocycles. The van der Waals surface area contributed by atoms with Gasteiger partial charge in [0.2, 0.25) is 0 Å². The standard InChI is InChI=1S/C18H18BrClFN2O4P/c1-18(2,3)27-16(24)10-28(17-12(19)5-4-6-13(17)21)22-14-9-11(20)7-8-15(14)23(25)26/h4-9,22H,10H2,1-3H3. The van der Waals surface area contributed by atoms with Crippen LogP contribution in [0.2, 0.25) is 5.02 Å². The first-order valence-corrected chi connectivity index (χ1v) is 10.8. The molecule has 1 unspecified atom stereocenters. The van der Waals surface area contributed by atoms with Gasteiger partial charge in [0.25, 0.3) is 5.69 Å². The molecule has 150 valence electrons. The molecule has 0 aromatic heterocycles. The predicted octanol–water partition coefficient (Wildman–Crippen LogP) is 5.63. The van der Waals surface area contributed by atoms with Gasteiger partial charge in [-0.15, -0.1) is 0 Å². The molecule has 0 spiro atoms. The Bertz CT molecular complexity index is 887. The van der Waals surface area contributed by atoms with Crippen LogP contribution in [0.15, 0.2) is 40.9 Å². The Kier molecular flexibility index (Phi) is 7.37. The number of ether oxygens (including phenoxy) is 1. The highest BCUT2D eigenvalue weighted by Gasteiger charge is 2.27. The Hall–Kier alpha value is -1.76. The number of nitro groups is 1. The third kappa shape index (κ3) is 6.12. The van der Waals surface area contributed by atoms with E-state index in [1.165, 1.54) is 30.3 Å². The smallest absolute Gasteiger partial charge is 0.312 e. The fourth-order valence-corrected chi connectivity index (χ4v) is 5.29. The van der Waals surface area contributed by atoms with Crippen molar-refractivity contribution in [3.8, 4) is 0 Å². The highest BCUT2D eigenvalue weighted by atomic mass is 79.9. The Morgan fingerprint density at radius 2 is 2.04 bits per heavy atom. The van der Waals surface area contributed by atoms with Crippen LogP contribution in [0.4, 0.5) is 15.8 Å². The number of carbonyl (C=O) groups excluding carboxylic acids is 1. The summed E-state index contributed by atoms with van der Waals surface area (Å²) >= 11 is 9.27. The summed E-state index contributed by atoms with van der Waals surface area (Å²) in [6.45, 7) is 5.17. The van der Waals surface area contributed by atoms with Gasteiger partial charge < -0.3 is 9.82 Å². The highest BCUT2D eigenvalue weighted by Crippen LogP contribution is 2.42. The number of hydrogen-bond acceptors (Lipinski definition) is 5. The van der Waals surface area contributed by atoms with E-state index in [-0.39, 0.29) is 27.9 Å². The van der Waals surface area contributed by atoms with Crippen molar-refractivity contribution in [2.45, 2.75) is 26.4 Å². The van der Waals surface area contributed by atoms with E-state index in [4.69, 9.17) is 16.3 Å². The van der Waals surface area contributed by atoms with Crippen LogP contribution in [0.5, 0.6) is 0 Å². The van der Waals surface area contributed by atoms with Crippen molar-refractivity contribution in [3.05, 3.63) is 61.8 Å². The van der Waals surface area contributed by atoms with Gasteiger partial charge in [0.05, 0.1) is 11.1 Å². The van der Waals surface area contributed by atoms with E-state index in [0.29, 0.717) is 4.47 Å². The highest BCUT2D eigenvalue weighted by molar-refractivity contribution is 9.10. The van der Waals surface area contributed by atoms with Crippen LogP contribution < -0.4 is 10.4 Å². The summed E-state index contributed by atoms with van der Waals surface area (Å²) < 4.78 is 20.4. The monoisotopic (exact) mass is 490 g/mol. The van der Waals surface area contributed by atoms with Gasteiger partial charge in [0.1, 0.15) is 17.1 Å². The molecule has 0 saturated heterocycles. The van der Waals surface area contributed by atoms with Gasteiger partial charge in [-0.3, -0.25) is 14.9 Å². The number of esters is 1. The first kappa shape index (κ1) is 22.5. The Labute approximate surface area is 176 Å². The third-order valence-corrected chi connectivity index (χ3v) is 6.61. The molecule has 6 nitrogen and oxygen atoms in total. The van der Waals surface area contributed by atoms with E-state index in [1.54, 1.807) is 26.8 Å². The third-order valence-electron chi connectivity index (χ3n) is 3.33. The van der Waals surface area contributed by atoms with E-state index >= 15 is 0 Å². The van der Waals surface area contributed by atoms with E-state index in [2.05, 4.69) is 21.0 Å². The topological polar surface area (TPSA) is 81.5 Å². The van der Waals surface area contributed by atoms with Crippen molar-refractivity contribution < 1.29 is 18.8 Å². The van der Waals surface area contributed by atoms with Crippen LogP contribution in [0.1, 0.15) is 20.8 Å². The van der Waals surface area contributed by atoms with Crippen LogP contribution in [0, 0.1) is 15.9 Å². The first-order chi connectivity index (χ1) is 13.0. The SMILES string of the molecule is CC(C)(C)OC(=O)CP(Nc1cc(Cl)ccc1[N+](=O)[O-])c1c(F)cccc1Br. The summed E-state index contributed by atoms with van der Waals surface area (Å²) in [4.78, 5) is 23.2. The number of anilines is 1. The molecule has 2 aromatic carbocycles. The molecule has 0 saturated carbocycles. The molecule has 0 bridgehead atoms. The number of hydrogen-bond donors (Lipinski definition) is 1. The van der Waals surface area contributed by atoms with Crippen molar-refractivity contribution in [1.82, 2.24) is 0 Å². The van der Waals surface area contributed by atoms with Gasteiger partial charge in [0, 0.05) is 28.9 Å². The van der Waals surface area contributed by atoms with E-state index in [1.807, 2.05) is 0 Å². The molecule has 2 aromatic rings. The molecule has 10 heteroatoms. The fraction of sp³-hybridized carbons (Fsp3) is 0.278. The minimum Gasteiger partial charge on any atom is -0.460 e. The van der Waals surface area contributed by atoms with Gasteiger partial charge in [-0.1, -0.05) is 17.7 Å². The summed E-state index contributed by atoms with van der Waals surface area (Å²) in [5.74, 6) is -1.09. The largest absolute Gasteiger partial charge is 0.460 e. The van der Waals surface area contributed by atoms with E-state index in [9.17, 15) is 19.3 Å². The van der Waals surface area contributed by atoms with Gasteiger partial charge in [0.15, 0.2) is 0 Å². The Morgan fingerprint density at radius 1 is 1.36 bits per heavy atom. The summed E-state index contributed by atoms with van der Waals surface area (Å²) in [5.41, 5.74) is -0.844. The number of nitrogens with one attached hydrogen (secondary N) is 1. The molecule has 0 aliphatic rings. The zero-order valence-corrected chi connectivity index (χ0v) is 18.6. The fourth-order valence-electron chi connectivity index (χ4n) is 2.33. The maximum absolute atomic E-state index is 14.6. The van der Waals surface area contributed by atoms with Crippen molar-refractivity contribution in [2.24, 2.45) is 0 Å². The number of nitro benzene ring substituents is 1. The molecular formula is C18H18BrClFN2O4P. The second-order valence-electron chi connectivity index (χ2n) is 6.77. The lowest BCUT2D eigenvalue weighted by molar-refractivity contribution is -0.383. The van der Waals surface area contributed by atoms with Crippen molar-refractivity contribution in [2.75, 3.05) is 11.2 Å². The minimum atomic E-state index is -1.73. The second-order valence-corrected chi connectivity index (χ2v) is 9.91. The lowest BCUT2D eigenvalue weighted by atomic mass is 10.2. The van der Waals surface area contributed by atoms with Crippen LogP contribution in [-0.2, 0) is 9.53 Å². The van der Waals surface area contributed by atoms with E-state index < -0.39 is 30.4 Å². The van der Waals surface area contributed by atoms with Crippen molar-refractivity contribution in [1.29, 1.82) is 0 Å². The number of nitrogens with zero attached hydrogens (tertiary/aromatic N) is 1. The molecule has 0 aliphatic carbocycles. The summed E-state index contributed by atoms with van der Waals surface area (Å²) in [6.07, 6.45) is -0.185. The molecule has 28 heavy (non-hydrogen) atoms. The number of rotatable bonds is 6. The number of halogens is 3. The maximum atomic E-state index is 14.6. The summed E-state index contributed by atoms with van der Waals surface area (Å²) in [6, 6.07) is 8.43. The average Bonchev–Trinajstić information content (AvgIpc) is 2.52. The first-order valence-electron chi connectivity index (χ1n) is 8.12. The van der Waals surface area contributed by atoms with Crippen molar-refractivity contribution >= 4 is 58.3 Å². The molecule has 2 rings (SSSR count). The number of benzene rings is 2. The lowest BCUT2D eigenvalue weighted by Crippen LogP contribution is -2.28. The molecule has 1 N–H and O–H groups in total. The molecular weight excluding hydrogens is 474 g/mol. The van der Waals surface area contributed by atoms with E-state index in [0.717, 1.165) is 0 Å². The normalized spacial score (nSPS) is 12.4. The lowest BCUT2D eigenvalue weighted by Gasteiger charge is -2.24. The maximum Gasteiger partial charge on any atom is 0.312 e. The summed E-state index contributed by atoms with van der Waals surface area (Å²) in [5, 5.41) is 14.8. The molecule has 0 amide bonds. The quantitative estimate of drug-likeness (QED) is 0.245. The zero-order valence-electron chi connectivity index (χ0n) is 15.3. The van der Waals surface area contributed by atoms with Gasteiger partial charge in [-0.05, 0) is 61.0 Å². The molecule has 0 radical (unpaired) electrons. The number of carbonyl (C=O) groups is 1. The zero-order chi connectivity index (χ0) is 21.1. The van der Waals surface area contributed by atoms with Crippen LogP contribution >= 0.6 is 35.6 Å². The Morgan fingerprint density at radius 3 is 2.61 bits per heavy atom. The van der Waals surface area contributed by atoms with Crippen LogP contribution in [0.3, 0.4) is 0 Å². The Balaban J connectivity index is 2.46. The molecule has 1 atom stereocenters.